The minimum absolute atomic E-state index is 0.0743. The summed E-state index contributed by atoms with van der Waals surface area (Å²) in [4.78, 5) is 40.4. The highest BCUT2D eigenvalue weighted by atomic mass is 19.4. The van der Waals surface area contributed by atoms with Crippen molar-refractivity contribution in [1.82, 2.24) is 10.6 Å². The smallest absolute Gasteiger partial charge is 0.416 e. The minimum Gasteiger partial charge on any atom is -0.440 e. The topological polar surface area (TPSA) is 195 Å². The van der Waals surface area contributed by atoms with E-state index in [4.69, 9.17) is 28.4 Å². The van der Waals surface area contributed by atoms with Gasteiger partial charge in [0.1, 0.15) is 30.5 Å². The molecule has 3 aromatic carbocycles. The molecule has 0 aliphatic carbocycles. The van der Waals surface area contributed by atoms with Gasteiger partial charge in [-0.05, 0) is 42.8 Å². The highest BCUT2D eigenvalue weighted by Crippen LogP contribution is 2.38. The lowest BCUT2D eigenvalue weighted by Crippen LogP contribution is -2.69. The molecule has 0 radical (unpaired) electrons. The molecule has 3 aliphatic heterocycles. The first-order valence-corrected chi connectivity index (χ1v) is 22.3. The molecule has 0 spiro atoms. The molecule has 4 amide bonds. The van der Waals surface area contributed by atoms with Crippen molar-refractivity contribution in [3.63, 3.8) is 0 Å². The zero-order valence-electron chi connectivity index (χ0n) is 36.6. The van der Waals surface area contributed by atoms with Crippen LogP contribution in [0.1, 0.15) is 87.7 Å². The van der Waals surface area contributed by atoms with E-state index in [0.717, 1.165) is 75.3 Å². The molecule has 3 aliphatic rings. The number of nitrogens with one attached hydrogen (secondary N) is 4. The summed E-state index contributed by atoms with van der Waals surface area (Å²) in [6.45, 7) is 0.868. The van der Waals surface area contributed by atoms with Crippen molar-refractivity contribution in [2.45, 2.75) is 138 Å². The number of aliphatic hydroxyl groups excluding tert-OH is 2. The van der Waals surface area contributed by atoms with Crippen LogP contribution in [0.25, 0.3) is 0 Å². The summed E-state index contributed by atoms with van der Waals surface area (Å²) in [5, 5.41) is 32.5. The summed E-state index contributed by atoms with van der Waals surface area (Å²) >= 11 is 0. The Morgan fingerprint density at radius 1 is 0.731 bits per heavy atom. The van der Waals surface area contributed by atoms with Crippen LogP contribution >= 0.6 is 0 Å². The van der Waals surface area contributed by atoms with Gasteiger partial charge >= 0.3 is 24.5 Å². The van der Waals surface area contributed by atoms with Crippen molar-refractivity contribution in [3.05, 3.63) is 95.6 Å². The van der Waals surface area contributed by atoms with Crippen LogP contribution in [-0.2, 0) is 45.6 Å². The zero-order chi connectivity index (χ0) is 48.1. The molecule has 6 rings (SSSR count). The van der Waals surface area contributed by atoms with Crippen LogP contribution < -0.4 is 21.3 Å². The standard InChI is InChI=1S/C46H56F6N4O11/c1-2-3-4-5-6-7-8-12-21-35(58)56-36-33(24-57)62-25-32(55-43(60)53-30-19-13-17-28(22-30)45(47,48)49)38(36)65-42-37(59)40(67-44(61)54-31-20-14-18-29(23-31)46(50,51)52)39-34(64-42)26-63-41(66-39)27-15-10-9-11-16-27/h9-11,13-20,22-23,32-34,36-42,57,59H,2-8,12,21,24-26H2,1H3,(H,54,61)(H,56,58)(H2,53,55,60)/t32?,33?,34?,36-,37?,38+,39-,40+,41?,42+/m0/s1. The fourth-order valence-corrected chi connectivity index (χ4v) is 8.11. The monoisotopic (exact) mass is 954 g/mol. The first-order valence-electron chi connectivity index (χ1n) is 22.3. The number of fused-ring (bicyclic) bond motifs is 1. The average Bonchev–Trinajstić information content (AvgIpc) is 3.29. The fourth-order valence-electron chi connectivity index (χ4n) is 8.11. The summed E-state index contributed by atoms with van der Waals surface area (Å²) in [6.07, 6.45) is -14.3. The number of benzene rings is 3. The molecule has 368 valence electrons. The minimum atomic E-state index is -4.73. The summed E-state index contributed by atoms with van der Waals surface area (Å²) in [7, 11) is 0. The summed E-state index contributed by atoms with van der Waals surface area (Å²) < 4.78 is 117. The van der Waals surface area contributed by atoms with Gasteiger partial charge in [0.2, 0.25) is 5.91 Å². The quantitative estimate of drug-likeness (QED) is 0.0538. The van der Waals surface area contributed by atoms with E-state index in [1.54, 1.807) is 30.3 Å². The molecular weight excluding hydrogens is 899 g/mol. The third kappa shape index (κ3) is 14.5. The maximum Gasteiger partial charge on any atom is 0.416 e. The van der Waals surface area contributed by atoms with Gasteiger partial charge in [-0.25, -0.2) is 9.59 Å². The third-order valence-corrected chi connectivity index (χ3v) is 11.5. The van der Waals surface area contributed by atoms with Gasteiger partial charge in [0, 0.05) is 23.4 Å². The molecule has 6 N–H and O–H groups in total. The van der Waals surface area contributed by atoms with Crippen molar-refractivity contribution in [1.29, 1.82) is 0 Å². The molecule has 21 heteroatoms. The Bertz CT molecular complexity index is 2070. The predicted octanol–water partition coefficient (Wildman–Crippen LogP) is 7.82. The molecule has 0 aromatic heterocycles. The van der Waals surface area contributed by atoms with Gasteiger partial charge in [-0.1, -0.05) is 94.3 Å². The number of carbonyl (C=O) groups is 3. The Labute approximate surface area is 383 Å². The van der Waals surface area contributed by atoms with E-state index in [9.17, 15) is 50.9 Å². The van der Waals surface area contributed by atoms with Crippen molar-refractivity contribution >= 4 is 29.4 Å². The largest absolute Gasteiger partial charge is 0.440 e. The van der Waals surface area contributed by atoms with Crippen LogP contribution in [0.2, 0.25) is 0 Å². The first-order chi connectivity index (χ1) is 32.0. The molecule has 3 aromatic rings. The first kappa shape index (κ1) is 51.4. The van der Waals surface area contributed by atoms with E-state index in [1.807, 2.05) is 0 Å². The number of urea groups is 1. The van der Waals surface area contributed by atoms with Crippen molar-refractivity contribution in [2.75, 3.05) is 30.5 Å². The molecule has 3 heterocycles. The highest BCUT2D eigenvalue weighted by Gasteiger charge is 2.54. The van der Waals surface area contributed by atoms with Crippen LogP contribution in [-0.4, -0.2) is 103 Å². The van der Waals surface area contributed by atoms with Crippen LogP contribution in [0.5, 0.6) is 0 Å². The predicted molar refractivity (Wildman–Crippen MR) is 228 cm³/mol. The van der Waals surface area contributed by atoms with Gasteiger partial charge in [-0.15, -0.1) is 0 Å². The fraction of sp³-hybridized carbons (Fsp3) is 0.543. The van der Waals surface area contributed by atoms with E-state index < -0.39 is 109 Å². The lowest BCUT2D eigenvalue weighted by atomic mass is 9.93. The third-order valence-electron chi connectivity index (χ3n) is 11.5. The Kier molecular flexibility index (Phi) is 18.3. The number of halogens is 6. The summed E-state index contributed by atoms with van der Waals surface area (Å²) in [6, 6.07) is 12.8. The number of ether oxygens (including phenoxy) is 6. The van der Waals surface area contributed by atoms with Crippen molar-refractivity contribution < 1.29 is 79.4 Å². The zero-order valence-corrected chi connectivity index (χ0v) is 36.6. The maximum absolute atomic E-state index is 13.5. The van der Waals surface area contributed by atoms with E-state index >= 15 is 0 Å². The molecular formula is C46H56F6N4O11. The molecule has 3 fully saturated rings. The molecule has 67 heavy (non-hydrogen) atoms. The van der Waals surface area contributed by atoms with Gasteiger partial charge in [-0.2, -0.15) is 26.3 Å². The second-order valence-corrected chi connectivity index (χ2v) is 16.5. The number of amides is 4. The van der Waals surface area contributed by atoms with E-state index in [0.29, 0.717) is 18.1 Å². The number of anilines is 2. The van der Waals surface area contributed by atoms with Gasteiger partial charge in [0.25, 0.3) is 0 Å². The molecule has 10 atom stereocenters. The Morgan fingerprint density at radius 2 is 1.36 bits per heavy atom. The SMILES string of the molecule is CCCCCCCCCCC(=O)N[C@H]1C(CO)OCC(NC(=O)Nc2cccc(C(F)(F)F)c2)[C@H]1O[C@H]1OC2COC(c3ccccc3)O[C@@H]2[C@H](OC(=O)Nc2cccc(C(F)(F)F)c2)C1O. The number of rotatable bonds is 18. The Balaban J connectivity index is 1.25. The number of hydrogen-bond acceptors (Lipinski definition) is 11. The van der Waals surface area contributed by atoms with Gasteiger partial charge in [-0.3, -0.25) is 10.1 Å². The second kappa shape index (κ2) is 23.8. The lowest BCUT2D eigenvalue weighted by Gasteiger charge is -2.49. The average molecular weight is 955 g/mol. The van der Waals surface area contributed by atoms with Gasteiger partial charge < -0.3 is 54.6 Å². The molecule has 3 saturated heterocycles. The number of hydrogen-bond donors (Lipinski definition) is 6. The van der Waals surface area contributed by atoms with Crippen LogP contribution in [0.3, 0.4) is 0 Å². The Hall–Kier alpha value is -5.03. The van der Waals surface area contributed by atoms with E-state index in [-0.39, 0.29) is 31.0 Å². The number of unbranched alkanes of at least 4 members (excludes halogenated alkanes) is 7. The van der Waals surface area contributed by atoms with Crippen molar-refractivity contribution in [2.24, 2.45) is 0 Å². The normalized spacial score (nSPS) is 26.5. The number of carbonyl (C=O) groups excluding carboxylic acids is 3. The van der Waals surface area contributed by atoms with Gasteiger partial charge in [0.05, 0.1) is 43.0 Å². The summed E-state index contributed by atoms with van der Waals surface area (Å²) in [5.41, 5.74) is -2.00. The Morgan fingerprint density at radius 3 is 1.99 bits per heavy atom. The highest BCUT2D eigenvalue weighted by molar-refractivity contribution is 5.89. The van der Waals surface area contributed by atoms with E-state index in [1.165, 1.54) is 12.1 Å². The van der Waals surface area contributed by atoms with Crippen LogP contribution in [0.4, 0.5) is 47.3 Å². The lowest BCUT2D eigenvalue weighted by molar-refractivity contribution is -0.369. The van der Waals surface area contributed by atoms with Crippen LogP contribution in [0.15, 0.2) is 78.9 Å². The molecule has 5 unspecified atom stereocenters. The van der Waals surface area contributed by atoms with E-state index in [2.05, 4.69) is 28.2 Å². The molecule has 0 saturated carbocycles. The molecule has 0 bridgehead atoms. The molecule has 15 nitrogen and oxygen atoms in total. The maximum atomic E-state index is 13.5. The number of alkyl halides is 6. The van der Waals surface area contributed by atoms with Gasteiger partial charge in [0.15, 0.2) is 18.7 Å². The van der Waals surface area contributed by atoms with Crippen LogP contribution in [0, 0.1) is 0 Å². The number of aliphatic hydroxyl groups is 2. The second-order valence-electron chi connectivity index (χ2n) is 16.5. The summed E-state index contributed by atoms with van der Waals surface area (Å²) in [5.74, 6) is -0.459. The van der Waals surface area contributed by atoms with Crippen molar-refractivity contribution in [3.8, 4) is 0 Å².